The molecule has 25 heavy (non-hydrogen) atoms. The van der Waals surface area contributed by atoms with Gasteiger partial charge >= 0.3 is 5.97 Å². The van der Waals surface area contributed by atoms with E-state index in [0.717, 1.165) is 5.56 Å². The predicted octanol–water partition coefficient (Wildman–Crippen LogP) is 1.88. The maximum absolute atomic E-state index is 13.6. The molecular weight excluding hydrogens is 327 g/mol. The summed E-state index contributed by atoms with van der Waals surface area (Å²) in [6.07, 6.45) is 2.74. The molecule has 1 saturated heterocycles. The molecule has 7 nitrogen and oxygen atoms in total. The second-order valence-corrected chi connectivity index (χ2v) is 6.03. The summed E-state index contributed by atoms with van der Waals surface area (Å²) in [6.45, 7) is 0.334. The number of benzene rings is 1. The van der Waals surface area contributed by atoms with E-state index < -0.39 is 12.1 Å². The third-order valence-electron chi connectivity index (χ3n) is 4.39. The topological polar surface area (TPSA) is 91.0 Å². The van der Waals surface area contributed by atoms with Crippen molar-refractivity contribution in [3.8, 4) is 0 Å². The Hall–Kier alpha value is -3.00. The predicted molar refractivity (Wildman–Crippen MR) is 87.1 cm³/mol. The molecule has 2 N–H and O–H groups in total. The van der Waals surface area contributed by atoms with E-state index in [2.05, 4.69) is 10.1 Å². The molecule has 128 valence electrons. The van der Waals surface area contributed by atoms with Gasteiger partial charge in [-0.05, 0) is 30.2 Å². The monoisotopic (exact) mass is 342 g/mol. The fourth-order valence-corrected chi connectivity index (χ4v) is 3.27. The molecule has 0 radical (unpaired) electrons. The molecule has 8 heteroatoms. The lowest BCUT2D eigenvalue weighted by atomic mass is 10.0. The van der Waals surface area contributed by atoms with Gasteiger partial charge in [0.25, 0.3) is 0 Å². The van der Waals surface area contributed by atoms with Crippen molar-refractivity contribution in [2.75, 3.05) is 11.4 Å². The first-order valence-corrected chi connectivity index (χ1v) is 7.81. The minimum atomic E-state index is -1.11. The number of rotatable bonds is 3. The number of carbonyl (C=O) groups is 1. The van der Waals surface area contributed by atoms with Crippen molar-refractivity contribution in [1.29, 1.82) is 0 Å². The van der Waals surface area contributed by atoms with Crippen molar-refractivity contribution in [1.82, 2.24) is 14.6 Å². The zero-order valence-electron chi connectivity index (χ0n) is 13.1. The number of aromatic carboxylic acids is 1. The summed E-state index contributed by atoms with van der Waals surface area (Å²) in [5.74, 6) is -0.935. The molecule has 1 aliphatic heterocycles. The fraction of sp³-hybridized carbons (Fsp3) is 0.235. The summed E-state index contributed by atoms with van der Waals surface area (Å²) in [5.41, 5.74) is 0.971. The average Bonchev–Trinajstić information content (AvgIpc) is 3.17. The number of halogens is 1. The van der Waals surface area contributed by atoms with Gasteiger partial charge in [0, 0.05) is 12.7 Å². The number of β-amino-alcohol motifs (C(OH)–C–C–N with tert-alkyl or cyclic N) is 1. The molecular formula is C17H15FN4O3. The molecule has 2 atom stereocenters. The van der Waals surface area contributed by atoms with Gasteiger partial charge in [-0.2, -0.15) is 5.10 Å². The lowest BCUT2D eigenvalue weighted by Gasteiger charge is -2.25. The first kappa shape index (κ1) is 15.5. The first-order chi connectivity index (χ1) is 12.0. The number of aliphatic hydroxyl groups is 1. The van der Waals surface area contributed by atoms with Crippen molar-refractivity contribution < 1.29 is 19.4 Å². The molecule has 2 aromatic heterocycles. The Morgan fingerprint density at radius 3 is 2.92 bits per heavy atom. The summed E-state index contributed by atoms with van der Waals surface area (Å²) in [4.78, 5) is 17.6. The number of anilines is 1. The summed E-state index contributed by atoms with van der Waals surface area (Å²) < 4.78 is 15.0. The van der Waals surface area contributed by atoms with E-state index in [1.54, 1.807) is 24.4 Å². The Balaban J connectivity index is 1.77. The number of aromatic nitrogens is 3. The minimum Gasteiger partial charge on any atom is -0.477 e. The first-order valence-electron chi connectivity index (χ1n) is 7.81. The molecule has 3 aromatic rings. The molecule has 1 aliphatic rings. The maximum Gasteiger partial charge on any atom is 0.341 e. The Morgan fingerprint density at radius 2 is 2.16 bits per heavy atom. The van der Waals surface area contributed by atoms with E-state index in [9.17, 15) is 19.4 Å². The van der Waals surface area contributed by atoms with Crippen LogP contribution in [-0.2, 0) is 0 Å². The van der Waals surface area contributed by atoms with Gasteiger partial charge < -0.3 is 15.1 Å². The van der Waals surface area contributed by atoms with Crippen LogP contribution in [-0.4, -0.2) is 43.4 Å². The van der Waals surface area contributed by atoms with Crippen molar-refractivity contribution in [3.63, 3.8) is 0 Å². The summed E-state index contributed by atoms with van der Waals surface area (Å²) >= 11 is 0. The van der Waals surface area contributed by atoms with E-state index in [4.69, 9.17) is 0 Å². The normalized spacial score (nSPS) is 20.3. The van der Waals surface area contributed by atoms with Crippen molar-refractivity contribution in [2.45, 2.75) is 18.6 Å². The van der Waals surface area contributed by atoms with Crippen LogP contribution in [0.4, 0.5) is 10.2 Å². The summed E-state index contributed by atoms with van der Waals surface area (Å²) in [7, 11) is 0. The Kier molecular flexibility index (Phi) is 3.61. The highest BCUT2D eigenvalue weighted by Gasteiger charge is 2.33. The lowest BCUT2D eigenvalue weighted by Crippen LogP contribution is -2.25. The molecule has 1 fully saturated rings. The molecule has 0 saturated carbocycles. The van der Waals surface area contributed by atoms with Crippen LogP contribution in [0, 0.1) is 5.82 Å². The van der Waals surface area contributed by atoms with Crippen LogP contribution >= 0.6 is 0 Å². The van der Waals surface area contributed by atoms with Crippen LogP contribution in [0.3, 0.4) is 0 Å². The Bertz CT molecular complexity index is 958. The Morgan fingerprint density at radius 1 is 1.32 bits per heavy atom. The van der Waals surface area contributed by atoms with Crippen molar-refractivity contribution in [2.24, 2.45) is 0 Å². The van der Waals surface area contributed by atoms with Crippen molar-refractivity contribution in [3.05, 3.63) is 59.7 Å². The number of hydrogen-bond acceptors (Lipinski definition) is 5. The standard InChI is InChI=1S/C17H15FN4O3/c18-11-3-1-2-10(6-11)14-7-12(23)9-21(14)15-4-5-22-16(20-15)13(8-19-22)17(24)25/h1-6,8,12,14,23H,7,9H2,(H,24,25)/t12-,14+/m0/s1. The summed E-state index contributed by atoms with van der Waals surface area (Å²) in [5, 5.41) is 23.3. The van der Waals surface area contributed by atoms with E-state index in [-0.39, 0.29) is 23.1 Å². The highest BCUT2D eigenvalue weighted by molar-refractivity contribution is 5.94. The Labute approximate surface area is 142 Å². The second kappa shape index (κ2) is 5.82. The molecule has 1 aromatic carbocycles. The average molecular weight is 342 g/mol. The molecule has 0 amide bonds. The maximum atomic E-state index is 13.6. The van der Waals surface area contributed by atoms with E-state index in [0.29, 0.717) is 18.8 Å². The molecule has 3 heterocycles. The van der Waals surface area contributed by atoms with Gasteiger partial charge in [0.15, 0.2) is 5.65 Å². The number of carboxylic acids is 1. The van der Waals surface area contributed by atoms with Gasteiger partial charge in [0.05, 0.1) is 18.3 Å². The van der Waals surface area contributed by atoms with Gasteiger partial charge in [-0.15, -0.1) is 0 Å². The molecule has 4 rings (SSSR count). The largest absolute Gasteiger partial charge is 0.477 e. The van der Waals surface area contributed by atoms with Gasteiger partial charge in [0.1, 0.15) is 17.2 Å². The van der Waals surface area contributed by atoms with Crippen LogP contribution in [0.25, 0.3) is 5.65 Å². The van der Waals surface area contributed by atoms with E-state index >= 15 is 0 Å². The van der Waals surface area contributed by atoms with Crippen LogP contribution in [0.1, 0.15) is 28.4 Å². The van der Waals surface area contributed by atoms with E-state index in [1.165, 1.54) is 22.8 Å². The van der Waals surface area contributed by atoms with E-state index in [1.807, 2.05) is 4.90 Å². The van der Waals surface area contributed by atoms with Gasteiger partial charge in [-0.1, -0.05) is 12.1 Å². The van der Waals surface area contributed by atoms with Crippen LogP contribution in [0.15, 0.2) is 42.7 Å². The zero-order chi connectivity index (χ0) is 17.6. The van der Waals surface area contributed by atoms with Gasteiger partial charge in [-0.25, -0.2) is 18.7 Å². The smallest absolute Gasteiger partial charge is 0.341 e. The van der Waals surface area contributed by atoms with Gasteiger partial charge in [0.2, 0.25) is 0 Å². The fourth-order valence-electron chi connectivity index (χ4n) is 3.27. The second-order valence-electron chi connectivity index (χ2n) is 6.03. The van der Waals surface area contributed by atoms with Crippen LogP contribution in [0.2, 0.25) is 0 Å². The molecule has 0 bridgehead atoms. The number of aliphatic hydroxyl groups excluding tert-OH is 1. The van der Waals surface area contributed by atoms with Crippen LogP contribution in [0.5, 0.6) is 0 Å². The van der Waals surface area contributed by atoms with Gasteiger partial charge in [-0.3, -0.25) is 0 Å². The molecule has 0 unspecified atom stereocenters. The highest BCUT2D eigenvalue weighted by Crippen LogP contribution is 2.35. The number of nitrogens with zero attached hydrogens (tertiary/aromatic N) is 4. The highest BCUT2D eigenvalue weighted by atomic mass is 19.1. The summed E-state index contributed by atoms with van der Waals surface area (Å²) in [6, 6.07) is 7.71. The lowest BCUT2D eigenvalue weighted by molar-refractivity contribution is 0.0698. The van der Waals surface area contributed by atoms with Crippen molar-refractivity contribution >= 4 is 17.4 Å². The number of hydrogen-bond donors (Lipinski definition) is 2. The molecule has 0 aliphatic carbocycles. The molecule has 0 spiro atoms. The zero-order valence-corrected chi connectivity index (χ0v) is 13.1. The van der Waals surface area contributed by atoms with Crippen LogP contribution < -0.4 is 4.90 Å². The number of carboxylic acid groups (broad SMARTS) is 1. The SMILES string of the molecule is O=C(O)c1cnn2ccc(N3C[C@@H](O)C[C@@H]3c3cccc(F)c3)nc12. The number of fused-ring (bicyclic) bond motifs is 1. The third kappa shape index (κ3) is 2.70. The minimum absolute atomic E-state index is 0.00361. The quantitative estimate of drug-likeness (QED) is 0.755. The third-order valence-corrected chi connectivity index (χ3v) is 4.39.